The van der Waals surface area contributed by atoms with E-state index in [1.807, 2.05) is 13.0 Å². The molecule has 0 saturated heterocycles. The Balaban J connectivity index is 2.17. The van der Waals surface area contributed by atoms with Gasteiger partial charge in [-0.25, -0.2) is 0 Å². The summed E-state index contributed by atoms with van der Waals surface area (Å²) in [6.45, 7) is -0.855. The average molecular weight is 368 g/mol. The lowest BCUT2D eigenvalue weighted by Gasteiger charge is -2.09. The van der Waals surface area contributed by atoms with E-state index in [2.05, 4.69) is 20.7 Å². The Labute approximate surface area is 127 Å². The molecule has 1 atom stereocenters. The first kappa shape index (κ1) is 14.8. The number of rotatable bonds is 4. The van der Waals surface area contributed by atoms with E-state index in [1.165, 1.54) is 23.5 Å². The summed E-state index contributed by atoms with van der Waals surface area (Å²) in [4.78, 5) is 1.06. The molecule has 2 aromatic rings. The van der Waals surface area contributed by atoms with E-state index in [1.54, 1.807) is 12.1 Å². The SMILES string of the molecule is Cc1cc(C(Br)c2ccc(OC(F)F)cc2)sc1Cl. The van der Waals surface area contributed by atoms with Crippen LogP contribution in [0.25, 0.3) is 0 Å². The zero-order chi connectivity index (χ0) is 14.0. The average Bonchev–Trinajstić information content (AvgIpc) is 2.69. The second-order valence-electron chi connectivity index (χ2n) is 3.92. The van der Waals surface area contributed by atoms with Crippen LogP contribution in [0.4, 0.5) is 8.78 Å². The van der Waals surface area contributed by atoms with Gasteiger partial charge in [-0.1, -0.05) is 39.7 Å². The molecule has 6 heteroatoms. The third kappa shape index (κ3) is 3.68. The second-order valence-corrected chi connectivity index (χ2v) is 6.52. The van der Waals surface area contributed by atoms with Crippen molar-refractivity contribution in [3.05, 3.63) is 50.7 Å². The zero-order valence-corrected chi connectivity index (χ0v) is 13.0. The lowest BCUT2D eigenvalue weighted by molar-refractivity contribution is -0.0498. The predicted molar refractivity (Wildman–Crippen MR) is 77.9 cm³/mol. The highest BCUT2D eigenvalue weighted by Gasteiger charge is 2.15. The van der Waals surface area contributed by atoms with Crippen molar-refractivity contribution >= 4 is 38.9 Å². The molecule has 1 aromatic heterocycles. The maximum absolute atomic E-state index is 12.0. The quantitative estimate of drug-likeness (QED) is 0.621. The Hall–Kier alpha value is -0.650. The van der Waals surface area contributed by atoms with Crippen molar-refractivity contribution in [1.29, 1.82) is 0 Å². The molecule has 0 bridgehead atoms. The molecule has 0 radical (unpaired) electrons. The predicted octanol–water partition coefficient (Wildman–Crippen LogP) is 5.80. The number of aryl methyl sites for hydroxylation is 1. The monoisotopic (exact) mass is 366 g/mol. The van der Waals surface area contributed by atoms with Crippen molar-refractivity contribution in [3.63, 3.8) is 0 Å². The van der Waals surface area contributed by atoms with E-state index in [4.69, 9.17) is 11.6 Å². The third-order valence-electron chi connectivity index (χ3n) is 2.52. The highest BCUT2D eigenvalue weighted by Crippen LogP contribution is 2.39. The first-order valence-corrected chi connectivity index (χ1v) is 7.53. The van der Waals surface area contributed by atoms with Crippen molar-refractivity contribution < 1.29 is 13.5 Å². The zero-order valence-electron chi connectivity index (χ0n) is 9.87. The van der Waals surface area contributed by atoms with Gasteiger partial charge in [0, 0.05) is 4.88 Å². The lowest BCUT2D eigenvalue weighted by atomic mass is 10.1. The fourth-order valence-corrected chi connectivity index (χ4v) is 3.53. The Bertz CT molecular complexity index is 537. The van der Waals surface area contributed by atoms with E-state index >= 15 is 0 Å². The molecule has 19 heavy (non-hydrogen) atoms. The summed E-state index contributed by atoms with van der Waals surface area (Å²) in [5, 5.41) is 0. The van der Waals surface area contributed by atoms with Gasteiger partial charge in [0.1, 0.15) is 5.75 Å². The minimum atomic E-state index is -2.80. The van der Waals surface area contributed by atoms with Gasteiger partial charge >= 0.3 is 6.61 Å². The highest BCUT2D eigenvalue weighted by molar-refractivity contribution is 9.09. The summed E-state index contributed by atoms with van der Waals surface area (Å²) in [5.74, 6) is 0.152. The molecule has 0 aliphatic carbocycles. The van der Waals surface area contributed by atoms with E-state index < -0.39 is 6.61 Å². The van der Waals surface area contributed by atoms with Gasteiger partial charge in [0.15, 0.2) is 0 Å². The van der Waals surface area contributed by atoms with Crippen molar-refractivity contribution in [2.45, 2.75) is 18.4 Å². The minimum Gasteiger partial charge on any atom is -0.435 e. The molecule has 0 N–H and O–H groups in total. The number of halogens is 4. The summed E-state index contributed by atoms with van der Waals surface area (Å²) in [7, 11) is 0. The molecule has 0 fully saturated rings. The van der Waals surface area contributed by atoms with Crippen molar-refractivity contribution in [3.8, 4) is 5.75 Å². The Kier molecular flexibility index (Phi) is 4.81. The largest absolute Gasteiger partial charge is 0.435 e. The van der Waals surface area contributed by atoms with Gasteiger partial charge in [-0.2, -0.15) is 8.78 Å². The molecule has 0 saturated carbocycles. The summed E-state index contributed by atoms with van der Waals surface area (Å²) in [6.07, 6.45) is 0. The van der Waals surface area contributed by atoms with Gasteiger partial charge < -0.3 is 4.74 Å². The van der Waals surface area contributed by atoms with E-state index in [0.717, 1.165) is 20.3 Å². The van der Waals surface area contributed by atoms with Gasteiger partial charge in [-0.05, 0) is 36.2 Å². The number of alkyl halides is 3. The van der Waals surface area contributed by atoms with Crippen LogP contribution >= 0.6 is 38.9 Å². The molecule has 0 amide bonds. The lowest BCUT2D eigenvalue weighted by Crippen LogP contribution is -2.01. The number of thiophene rings is 1. The van der Waals surface area contributed by atoms with Gasteiger partial charge in [-0.3, -0.25) is 0 Å². The number of hydrogen-bond acceptors (Lipinski definition) is 2. The Morgan fingerprint density at radius 1 is 1.26 bits per heavy atom. The Morgan fingerprint density at radius 3 is 2.37 bits per heavy atom. The molecular formula is C13H10BrClF2OS. The normalized spacial score (nSPS) is 12.7. The molecule has 2 rings (SSSR count). The number of ether oxygens (including phenoxy) is 1. The first-order chi connectivity index (χ1) is 8.97. The Morgan fingerprint density at radius 2 is 1.89 bits per heavy atom. The molecule has 102 valence electrons. The maximum atomic E-state index is 12.0. The molecular weight excluding hydrogens is 358 g/mol. The van der Waals surface area contributed by atoms with E-state index in [-0.39, 0.29) is 10.6 Å². The van der Waals surface area contributed by atoms with E-state index in [9.17, 15) is 8.78 Å². The van der Waals surface area contributed by atoms with Crippen LogP contribution < -0.4 is 4.74 Å². The van der Waals surface area contributed by atoms with E-state index in [0.29, 0.717) is 0 Å². The fraction of sp³-hybridized carbons (Fsp3) is 0.231. The molecule has 0 aliphatic heterocycles. The third-order valence-corrected chi connectivity index (χ3v) is 5.47. The van der Waals surface area contributed by atoms with Crippen molar-refractivity contribution in [2.75, 3.05) is 0 Å². The van der Waals surface area contributed by atoms with Crippen LogP contribution in [-0.2, 0) is 0 Å². The molecule has 1 heterocycles. The first-order valence-electron chi connectivity index (χ1n) is 5.42. The standard InChI is InChI=1S/C13H10BrClF2OS/c1-7-6-10(19-12(7)15)11(14)8-2-4-9(5-3-8)18-13(16)17/h2-6,11,13H,1H3. The van der Waals surface area contributed by atoms with Gasteiger partial charge in [0.25, 0.3) is 0 Å². The van der Waals surface area contributed by atoms with Crippen LogP contribution in [0, 0.1) is 6.92 Å². The van der Waals surface area contributed by atoms with Gasteiger partial charge in [0.05, 0.1) is 9.16 Å². The van der Waals surface area contributed by atoms with Gasteiger partial charge in [-0.15, -0.1) is 11.3 Å². The van der Waals surface area contributed by atoms with Crippen molar-refractivity contribution in [1.82, 2.24) is 0 Å². The number of hydrogen-bond donors (Lipinski definition) is 0. The van der Waals surface area contributed by atoms with Crippen LogP contribution in [0.5, 0.6) is 5.75 Å². The summed E-state index contributed by atoms with van der Waals surface area (Å²) >= 11 is 11.1. The van der Waals surface area contributed by atoms with Crippen LogP contribution in [0.3, 0.4) is 0 Å². The minimum absolute atomic E-state index is 0.00991. The highest BCUT2D eigenvalue weighted by atomic mass is 79.9. The fourth-order valence-electron chi connectivity index (χ4n) is 1.59. The molecule has 0 aliphatic rings. The van der Waals surface area contributed by atoms with Gasteiger partial charge in [0.2, 0.25) is 0 Å². The summed E-state index contributed by atoms with van der Waals surface area (Å²) in [5.41, 5.74) is 1.99. The van der Waals surface area contributed by atoms with Crippen LogP contribution in [0.15, 0.2) is 30.3 Å². The van der Waals surface area contributed by atoms with Crippen LogP contribution in [-0.4, -0.2) is 6.61 Å². The van der Waals surface area contributed by atoms with Crippen LogP contribution in [0.1, 0.15) is 20.8 Å². The second kappa shape index (κ2) is 6.20. The van der Waals surface area contributed by atoms with Crippen molar-refractivity contribution in [2.24, 2.45) is 0 Å². The molecule has 0 spiro atoms. The molecule has 1 aromatic carbocycles. The molecule has 1 nitrogen and oxygen atoms in total. The summed E-state index contributed by atoms with van der Waals surface area (Å²) < 4.78 is 29.2. The summed E-state index contributed by atoms with van der Waals surface area (Å²) in [6, 6.07) is 8.56. The number of benzene rings is 1. The topological polar surface area (TPSA) is 9.23 Å². The smallest absolute Gasteiger partial charge is 0.387 e. The van der Waals surface area contributed by atoms with Crippen LogP contribution in [0.2, 0.25) is 4.34 Å². The molecule has 1 unspecified atom stereocenters. The maximum Gasteiger partial charge on any atom is 0.387 e.